The highest BCUT2D eigenvalue weighted by molar-refractivity contribution is 9.10. The van der Waals surface area contributed by atoms with Crippen LogP contribution < -0.4 is 19.6 Å². The number of carbonyl (C=O) groups is 2. The number of fused-ring (bicyclic) bond motifs is 1. The van der Waals surface area contributed by atoms with Crippen LogP contribution in [0.4, 0.5) is 0 Å². The number of rotatable bonds is 9. The Bertz CT molecular complexity index is 1920. The van der Waals surface area contributed by atoms with Gasteiger partial charge >= 0.3 is 11.9 Å². The third kappa shape index (κ3) is 6.61. The maximum atomic E-state index is 13.9. The van der Waals surface area contributed by atoms with E-state index >= 15 is 0 Å². The van der Waals surface area contributed by atoms with Crippen LogP contribution in [0.3, 0.4) is 0 Å². The lowest BCUT2D eigenvalue weighted by Crippen LogP contribution is -2.39. The Labute approximate surface area is 267 Å². The molecule has 0 radical (unpaired) electrons. The van der Waals surface area contributed by atoms with Crippen molar-refractivity contribution in [3.05, 3.63) is 130 Å². The van der Waals surface area contributed by atoms with Crippen molar-refractivity contribution in [2.24, 2.45) is 4.99 Å². The Morgan fingerprint density at radius 3 is 2.30 bits per heavy atom. The average molecular weight is 676 g/mol. The lowest BCUT2D eigenvalue weighted by molar-refractivity contribution is -0.139. The molecule has 1 aliphatic rings. The summed E-state index contributed by atoms with van der Waals surface area (Å²) in [5, 5.41) is 0. The number of hydrogen-bond donors (Lipinski definition) is 0. The second kappa shape index (κ2) is 13.6. The zero-order chi connectivity index (χ0) is 31.4. The molecule has 2 heterocycles. The van der Waals surface area contributed by atoms with E-state index in [9.17, 15) is 14.4 Å². The van der Waals surface area contributed by atoms with Crippen LogP contribution in [0.5, 0.6) is 5.75 Å². The molecule has 44 heavy (non-hydrogen) atoms. The van der Waals surface area contributed by atoms with E-state index < -0.39 is 12.0 Å². The Balaban J connectivity index is 1.43. The number of benzene rings is 3. The highest BCUT2D eigenvalue weighted by atomic mass is 79.9. The SMILES string of the molecule is CCOC(=O)C1=C(C)N=c2s/c(=C\c3ccc(OCc4ccc(C(=O)OCC)cc4)c(Br)c3)c(=O)n2[C@H]1c1ccc(C)cc1. The summed E-state index contributed by atoms with van der Waals surface area (Å²) in [7, 11) is 0. The van der Waals surface area contributed by atoms with E-state index in [2.05, 4.69) is 20.9 Å². The van der Waals surface area contributed by atoms with E-state index in [1.807, 2.05) is 67.6 Å². The van der Waals surface area contributed by atoms with E-state index in [1.165, 1.54) is 11.3 Å². The standard InChI is InChI=1S/C34H31BrN2O6S/c1-5-41-32(39)25-14-9-22(10-15-25)19-43-27-16-11-23(17-26(27)35)18-28-31(38)37-30(24-12-7-20(3)8-13-24)29(33(40)42-6-2)21(4)36-34(37)44-28/h7-18,30H,5-6,19H2,1-4H3/b28-18-/t30-/m0/s1. The highest BCUT2D eigenvalue weighted by Crippen LogP contribution is 2.31. The largest absolute Gasteiger partial charge is 0.488 e. The molecule has 0 aliphatic carbocycles. The minimum absolute atomic E-state index is 0.219. The predicted molar refractivity (Wildman–Crippen MR) is 172 cm³/mol. The van der Waals surface area contributed by atoms with Crippen molar-refractivity contribution in [1.29, 1.82) is 0 Å². The molecule has 1 atom stereocenters. The normalized spacial score (nSPS) is 14.6. The topological polar surface area (TPSA) is 96.2 Å². The van der Waals surface area contributed by atoms with Crippen LogP contribution in [0.2, 0.25) is 0 Å². The Morgan fingerprint density at radius 1 is 0.955 bits per heavy atom. The number of hydrogen-bond acceptors (Lipinski definition) is 8. The number of aromatic nitrogens is 1. The zero-order valence-electron chi connectivity index (χ0n) is 24.8. The van der Waals surface area contributed by atoms with Crippen LogP contribution >= 0.6 is 27.3 Å². The molecule has 4 aromatic rings. The zero-order valence-corrected chi connectivity index (χ0v) is 27.2. The molecule has 0 amide bonds. The number of halogens is 1. The van der Waals surface area contributed by atoms with Crippen LogP contribution in [0.15, 0.2) is 92.3 Å². The molecule has 1 aliphatic heterocycles. The third-order valence-corrected chi connectivity index (χ3v) is 8.63. The van der Waals surface area contributed by atoms with Gasteiger partial charge in [-0.25, -0.2) is 14.6 Å². The van der Waals surface area contributed by atoms with Gasteiger partial charge in [0.15, 0.2) is 4.80 Å². The van der Waals surface area contributed by atoms with E-state index in [-0.39, 0.29) is 18.1 Å². The summed E-state index contributed by atoms with van der Waals surface area (Å²) in [6.07, 6.45) is 1.81. The molecule has 226 valence electrons. The summed E-state index contributed by atoms with van der Waals surface area (Å²) in [5.41, 5.74) is 4.71. The maximum absolute atomic E-state index is 13.9. The van der Waals surface area contributed by atoms with E-state index in [4.69, 9.17) is 14.2 Å². The number of aryl methyl sites for hydroxylation is 1. The molecule has 0 N–H and O–H groups in total. The first-order valence-electron chi connectivity index (χ1n) is 14.1. The molecule has 8 nitrogen and oxygen atoms in total. The van der Waals surface area contributed by atoms with E-state index in [0.717, 1.165) is 26.7 Å². The van der Waals surface area contributed by atoms with Crippen LogP contribution in [0, 0.1) is 6.92 Å². The fraction of sp³-hybridized carbons (Fsp3) is 0.235. The number of allylic oxidation sites excluding steroid dienone is 1. The fourth-order valence-corrected chi connectivity index (χ4v) is 6.40. The molecule has 0 bridgehead atoms. The van der Waals surface area contributed by atoms with Gasteiger partial charge in [-0.2, -0.15) is 0 Å². The molecule has 10 heteroatoms. The number of thiazole rings is 1. The van der Waals surface area contributed by atoms with Crippen LogP contribution in [0.1, 0.15) is 59.4 Å². The lowest BCUT2D eigenvalue weighted by Gasteiger charge is -2.24. The molecule has 0 spiro atoms. The van der Waals surface area contributed by atoms with Crippen molar-refractivity contribution in [2.75, 3.05) is 13.2 Å². The molecular formula is C34H31BrN2O6S. The van der Waals surface area contributed by atoms with Gasteiger partial charge in [0.25, 0.3) is 5.56 Å². The smallest absolute Gasteiger partial charge is 0.338 e. The maximum Gasteiger partial charge on any atom is 0.338 e. The molecule has 0 fully saturated rings. The fourth-order valence-electron chi connectivity index (χ4n) is 4.84. The van der Waals surface area contributed by atoms with Crippen molar-refractivity contribution in [3.63, 3.8) is 0 Å². The van der Waals surface area contributed by atoms with E-state index in [1.54, 1.807) is 37.5 Å². The Morgan fingerprint density at radius 2 is 1.64 bits per heavy atom. The first-order valence-corrected chi connectivity index (χ1v) is 15.8. The molecule has 3 aromatic carbocycles. The van der Waals surface area contributed by atoms with Gasteiger partial charge in [-0.15, -0.1) is 0 Å². The first kappa shape index (κ1) is 31.2. The van der Waals surface area contributed by atoms with Gasteiger partial charge in [-0.05, 0) is 90.7 Å². The van der Waals surface area contributed by atoms with Gasteiger partial charge in [-0.1, -0.05) is 59.4 Å². The molecule has 0 saturated carbocycles. The molecule has 0 saturated heterocycles. The van der Waals surface area contributed by atoms with Gasteiger partial charge in [0.1, 0.15) is 12.4 Å². The number of carbonyl (C=O) groups excluding carboxylic acids is 2. The van der Waals surface area contributed by atoms with Gasteiger partial charge in [0.05, 0.1) is 45.1 Å². The number of nitrogens with zero attached hydrogens (tertiary/aromatic N) is 2. The van der Waals surface area contributed by atoms with Crippen LogP contribution in [0.25, 0.3) is 6.08 Å². The minimum Gasteiger partial charge on any atom is -0.488 e. The van der Waals surface area contributed by atoms with Crippen LogP contribution in [-0.4, -0.2) is 29.7 Å². The van der Waals surface area contributed by atoms with Crippen molar-refractivity contribution < 1.29 is 23.8 Å². The molecule has 0 unspecified atom stereocenters. The second-order valence-electron chi connectivity index (χ2n) is 10.1. The van der Waals surface area contributed by atoms with Gasteiger partial charge < -0.3 is 14.2 Å². The van der Waals surface area contributed by atoms with Gasteiger partial charge in [0, 0.05) is 0 Å². The predicted octanol–water partition coefficient (Wildman–Crippen LogP) is 5.62. The van der Waals surface area contributed by atoms with Gasteiger partial charge in [0.2, 0.25) is 0 Å². The summed E-state index contributed by atoms with van der Waals surface area (Å²) in [6, 6.07) is 19.8. The third-order valence-electron chi connectivity index (χ3n) is 7.02. The summed E-state index contributed by atoms with van der Waals surface area (Å²) in [4.78, 5) is 44.0. The summed E-state index contributed by atoms with van der Waals surface area (Å²) < 4.78 is 19.2. The number of ether oxygens (including phenoxy) is 3. The second-order valence-corrected chi connectivity index (χ2v) is 12.0. The van der Waals surface area contributed by atoms with Crippen molar-refractivity contribution >= 4 is 45.3 Å². The Kier molecular flexibility index (Phi) is 9.61. The molecule has 1 aromatic heterocycles. The molecular weight excluding hydrogens is 644 g/mol. The van der Waals surface area contributed by atoms with Crippen molar-refractivity contribution in [1.82, 2.24) is 4.57 Å². The quantitative estimate of drug-likeness (QED) is 0.214. The summed E-state index contributed by atoms with van der Waals surface area (Å²) in [6.45, 7) is 8.13. The monoisotopic (exact) mass is 674 g/mol. The van der Waals surface area contributed by atoms with E-state index in [0.29, 0.717) is 45.1 Å². The van der Waals surface area contributed by atoms with Gasteiger partial charge in [-0.3, -0.25) is 9.36 Å². The number of esters is 2. The summed E-state index contributed by atoms with van der Waals surface area (Å²) in [5.74, 6) is -0.207. The highest BCUT2D eigenvalue weighted by Gasteiger charge is 2.33. The van der Waals surface area contributed by atoms with Crippen LogP contribution in [-0.2, 0) is 20.9 Å². The van der Waals surface area contributed by atoms with Crippen molar-refractivity contribution in [3.8, 4) is 5.75 Å². The lowest BCUT2D eigenvalue weighted by atomic mass is 9.95. The first-order chi connectivity index (χ1) is 21.2. The summed E-state index contributed by atoms with van der Waals surface area (Å²) >= 11 is 4.86. The minimum atomic E-state index is -0.651. The average Bonchev–Trinajstić information content (AvgIpc) is 3.30. The van der Waals surface area contributed by atoms with Crippen molar-refractivity contribution in [2.45, 2.75) is 40.3 Å². The molecule has 5 rings (SSSR count). The Hall–Kier alpha value is -4.28.